The molecule has 0 unspecified atom stereocenters. The molecule has 2 fully saturated rings. The van der Waals surface area contributed by atoms with E-state index in [2.05, 4.69) is 20.3 Å². The first-order valence-corrected chi connectivity index (χ1v) is 10.1. The zero-order chi connectivity index (χ0) is 20.7. The number of hydrogen-bond acceptors (Lipinski definition) is 7. The third kappa shape index (κ3) is 3.56. The number of nitrogens with two attached hydrogens (primary N) is 1. The largest absolute Gasteiger partial charge is 0.378 e. The van der Waals surface area contributed by atoms with E-state index in [1.54, 1.807) is 30.3 Å². The summed E-state index contributed by atoms with van der Waals surface area (Å²) in [5.41, 5.74) is 6.98. The maximum absolute atomic E-state index is 13.8. The number of benzene rings is 1. The van der Waals surface area contributed by atoms with Gasteiger partial charge >= 0.3 is 0 Å². The Morgan fingerprint density at radius 3 is 2.60 bits per heavy atom. The second kappa shape index (κ2) is 7.77. The number of fused-ring (bicyclic) bond motifs is 1. The summed E-state index contributed by atoms with van der Waals surface area (Å²) in [6, 6.07) is 9.17. The lowest BCUT2D eigenvalue weighted by Crippen LogP contribution is -2.44. The normalized spacial score (nSPS) is 21.8. The van der Waals surface area contributed by atoms with Crippen molar-refractivity contribution < 1.29 is 13.5 Å². The van der Waals surface area contributed by atoms with Gasteiger partial charge in [0.2, 0.25) is 5.95 Å². The minimum Gasteiger partial charge on any atom is -0.378 e. The third-order valence-electron chi connectivity index (χ3n) is 5.53. The summed E-state index contributed by atoms with van der Waals surface area (Å²) in [7, 11) is 0. The lowest BCUT2D eigenvalue weighted by atomic mass is 9.88. The molecule has 0 spiro atoms. The molecule has 30 heavy (non-hydrogen) atoms. The second-order valence-electron chi connectivity index (χ2n) is 7.68. The molecule has 10 heteroatoms. The monoisotopic (exact) mass is 415 g/mol. The lowest BCUT2D eigenvalue weighted by molar-refractivity contribution is 0.122. The van der Waals surface area contributed by atoms with Crippen molar-refractivity contribution >= 4 is 22.8 Å². The number of rotatable bonds is 5. The van der Waals surface area contributed by atoms with Crippen LogP contribution in [-0.2, 0) is 4.74 Å². The van der Waals surface area contributed by atoms with Gasteiger partial charge in [-0.2, -0.15) is 9.97 Å². The molecule has 1 aromatic carbocycles. The molecule has 2 aliphatic rings. The average Bonchev–Trinajstić information content (AvgIpc) is 3.13. The van der Waals surface area contributed by atoms with Crippen LogP contribution < -0.4 is 16.0 Å². The summed E-state index contributed by atoms with van der Waals surface area (Å²) >= 11 is 0. The maximum atomic E-state index is 13.8. The maximum Gasteiger partial charge on any atom is 0.296 e. The minimum atomic E-state index is -2.74. The molecular weight excluding hydrogens is 392 g/mol. The highest BCUT2D eigenvalue weighted by Gasteiger charge is 2.28. The van der Waals surface area contributed by atoms with Crippen LogP contribution in [-0.4, -0.2) is 57.9 Å². The molecule has 0 atom stereocenters. The lowest BCUT2D eigenvalue weighted by Gasteiger charge is -2.34. The fourth-order valence-corrected chi connectivity index (χ4v) is 3.94. The van der Waals surface area contributed by atoms with E-state index < -0.39 is 6.43 Å². The number of para-hydroxylation sites is 2. The quantitative estimate of drug-likeness (QED) is 0.661. The number of hydrogen-bond donors (Lipinski definition) is 2. The highest BCUT2D eigenvalue weighted by atomic mass is 19.3. The molecule has 8 nitrogen and oxygen atoms in total. The van der Waals surface area contributed by atoms with Crippen LogP contribution in [0.2, 0.25) is 0 Å². The Morgan fingerprint density at radius 1 is 1.10 bits per heavy atom. The van der Waals surface area contributed by atoms with E-state index in [0.29, 0.717) is 54.9 Å². The molecule has 3 aromatic rings. The summed E-state index contributed by atoms with van der Waals surface area (Å²) in [5.74, 6) is 1.11. The Morgan fingerprint density at radius 2 is 1.87 bits per heavy atom. The number of aromatic nitrogens is 4. The number of alkyl halides is 2. The number of morpholine rings is 1. The predicted molar refractivity (Wildman–Crippen MR) is 109 cm³/mol. The first-order valence-electron chi connectivity index (χ1n) is 10.1. The average molecular weight is 415 g/mol. The van der Waals surface area contributed by atoms with Gasteiger partial charge in [0, 0.05) is 31.2 Å². The highest BCUT2D eigenvalue weighted by molar-refractivity contribution is 5.78. The smallest absolute Gasteiger partial charge is 0.296 e. The van der Waals surface area contributed by atoms with Crippen LogP contribution >= 0.6 is 0 Å². The number of ether oxygens (including phenoxy) is 1. The predicted octanol–water partition coefficient (Wildman–Crippen LogP) is 2.49. The first-order chi connectivity index (χ1) is 14.6. The van der Waals surface area contributed by atoms with Gasteiger partial charge < -0.3 is 20.7 Å². The second-order valence-corrected chi connectivity index (χ2v) is 7.68. The van der Waals surface area contributed by atoms with Gasteiger partial charge in [-0.05, 0) is 25.0 Å². The standard InChI is InChI=1S/C20H23F2N7O/c21-18(22)19-25-14-3-1-2-4-15(14)29(19)17-11-16(24-13-9-12(23)10-13)26-20(27-17)28-5-7-30-8-6-28/h1-4,11-13,18H,5-10,23H2,(H,24,26,27). The molecule has 1 aliphatic carbocycles. The van der Waals surface area contributed by atoms with Crippen LogP contribution in [0.25, 0.3) is 16.9 Å². The van der Waals surface area contributed by atoms with E-state index in [0.717, 1.165) is 12.8 Å². The number of halogens is 2. The van der Waals surface area contributed by atoms with Crippen LogP contribution in [0.5, 0.6) is 0 Å². The Hall–Kier alpha value is -2.85. The van der Waals surface area contributed by atoms with Crippen LogP contribution in [0.4, 0.5) is 20.5 Å². The van der Waals surface area contributed by atoms with E-state index in [9.17, 15) is 8.78 Å². The topological polar surface area (TPSA) is 94.1 Å². The summed E-state index contributed by atoms with van der Waals surface area (Å²) in [6.45, 7) is 2.43. The number of nitrogens with one attached hydrogen (secondary N) is 1. The Bertz CT molecular complexity index is 1040. The third-order valence-corrected chi connectivity index (χ3v) is 5.53. The molecule has 5 rings (SSSR count). The van der Waals surface area contributed by atoms with E-state index in [1.165, 1.54) is 4.57 Å². The molecule has 0 bridgehead atoms. The Labute approximate surface area is 172 Å². The van der Waals surface area contributed by atoms with Crippen LogP contribution in [0.3, 0.4) is 0 Å². The van der Waals surface area contributed by atoms with Gasteiger partial charge in [0.25, 0.3) is 6.43 Å². The van der Waals surface area contributed by atoms with E-state index in [-0.39, 0.29) is 17.9 Å². The Kier molecular flexibility index (Phi) is 4.95. The first kappa shape index (κ1) is 19.1. The molecule has 3 heterocycles. The van der Waals surface area contributed by atoms with Crippen molar-refractivity contribution in [2.24, 2.45) is 5.73 Å². The van der Waals surface area contributed by atoms with Gasteiger partial charge in [0.15, 0.2) is 5.82 Å². The fraction of sp³-hybridized carbons (Fsp3) is 0.450. The molecular formula is C20H23F2N7O. The number of nitrogens with zero attached hydrogens (tertiary/aromatic N) is 5. The van der Waals surface area contributed by atoms with Crippen molar-refractivity contribution in [3.63, 3.8) is 0 Å². The Balaban J connectivity index is 1.62. The number of anilines is 2. The fourth-order valence-electron chi connectivity index (χ4n) is 3.94. The molecule has 1 aliphatic heterocycles. The molecule has 1 saturated carbocycles. The molecule has 2 aromatic heterocycles. The van der Waals surface area contributed by atoms with Crippen LogP contribution in [0.15, 0.2) is 30.3 Å². The van der Waals surface area contributed by atoms with Gasteiger partial charge in [-0.3, -0.25) is 4.57 Å². The molecule has 158 valence electrons. The summed E-state index contributed by atoms with van der Waals surface area (Å²) in [4.78, 5) is 15.4. The summed E-state index contributed by atoms with van der Waals surface area (Å²) in [5, 5.41) is 3.38. The van der Waals surface area contributed by atoms with E-state index >= 15 is 0 Å². The molecule has 0 radical (unpaired) electrons. The minimum absolute atomic E-state index is 0.186. The van der Waals surface area contributed by atoms with E-state index in [4.69, 9.17) is 10.5 Å². The highest BCUT2D eigenvalue weighted by Crippen LogP contribution is 2.30. The van der Waals surface area contributed by atoms with Gasteiger partial charge in [0.1, 0.15) is 11.6 Å². The summed E-state index contributed by atoms with van der Waals surface area (Å²) < 4.78 is 34.5. The van der Waals surface area contributed by atoms with Crippen molar-refractivity contribution in [2.75, 3.05) is 36.5 Å². The zero-order valence-corrected chi connectivity index (χ0v) is 16.3. The van der Waals surface area contributed by atoms with Crippen molar-refractivity contribution in [2.45, 2.75) is 31.4 Å². The summed E-state index contributed by atoms with van der Waals surface area (Å²) in [6.07, 6.45) is -1.04. The number of imidazole rings is 1. The van der Waals surface area contributed by atoms with Crippen molar-refractivity contribution in [3.05, 3.63) is 36.2 Å². The molecule has 3 N–H and O–H groups in total. The van der Waals surface area contributed by atoms with Crippen LogP contribution in [0.1, 0.15) is 25.1 Å². The van der Waals surface area contributed by atoms with Crippen LogP contribution in [0, 0.1) is 0 Å². The SMILES string of the molecule is NC1CC(Nc2cc(-n3c(C(F)F)nc4ccccc43)nc(N3CCOCC3)n2)C1. The van der Waals surface area contributed by atoms with Crippen molar-refractivity contribution in [1.82, 2.24) is 19.5 Å². The van der Waals surface area contributed by atoms with Crippen molar-refractivity contribution in [3.8, 4) is 5.82 Å². The molecule has 1 saturated heterocycles. The van der Waals surface area contributed by atoms with Gasteiger partial charge in [-0.15, -0.1) is 0 Å². The molecule has 0 amide bonds. The van der Waals surface area contributed by atoms with Gasteiger partial charge in [-0.25, -0.2) is 13.8 Å². The van der Waals surface area contributed by atoms with Gasteiger partial charge in [-0.1, -0.05) is 12.1 Å². The van der Waals surface area contributed by atoms with Gasteiger partial charge in [0.05, 0.1) is 24.2 Å². The van der Waals surface area contributed by atoms with E-state index in [1.807, 2.05) is 4.90 Å². The van der Waals surface area contributed by atoms with Crippen molar-refractivity contribution in [1.29, 1.82) is 0 Å². The zero-order valence-electron chi connectivity index (χ0n) is 16.3.